The lowest BCUT2D eigenvalue weighted by Crippen LogP contribution is -2.38. The number of fused-ring (bicyclic) bond motifs is 1. The summed E-state index contributed by atoms with van der Waals surface area (Å²) in [5.41, 5.74) is 0.166. The van der Waals surface area contributed by atoms with Gasteiger partial charge in [-0.1, -0.05) is 0 Å². The van der Waals surface area contributed by atoms with Gasteiger partial charge in [-0.3, -0.25) is 14.9 Å². The van der Waals surface area contributed by atoms with Crippen LogP contribution in [0.15, 0.2) is 29.0 Å². The van der Waals surface area contributed by atoms with Gasteiger partial charge in [-0.25, -0.2) is 0 Å². The highest BCUT2D eigenvalue weighted by molar-refractivity contribution is 9.10. The van der Waals surface area contributed by atoms with Gasteiger partial charge in [-0.2, -0.15) is 0 Å². The highest BCUT2D eigenvalue weighted by Gasteiger charge is 2.25. The average molecular weight is 352 g/mol. The van der Waals surface area contributed by atoms with E-state index >= 15 is 0 Å². The van der Waals surface area contributed by atoms with Gasteiger partial charge in [0, 0.05) is 29.7 Å². The SMILES string of the molecule is O=C(c1cc([N+](=O)[O-])ccc1Br)N1CCn2cnnc2C1. The van der Waals surface area contributed by atoms with Crippen LogP contribution in [0.1, 0.15) is 16.2 Å². The zero-order chi connectivity index (χ0) is 15.0. The predicted molar refractivity (Wildman–Crippen MR) is 75.6 cm³/mol. The number of nitro benzene ring substituents is 1. The monoisotopic (exact) mass is 351 g/mol. The summed E-state index contributed by atoms with van der Waals surface area (Å²) < 4.78 is 2.41. The predicted octanol–water partition coefficient (Wildman–Crippen LogP) is 1.60. The molecule has 3 rings (SSSR count). The molecule has 108 valence electrons. The number of nitrogens with zero attached hydrogens (tertiary/aromatic N) is 5. The van der Waals surface area contributed by atoms with Crippen LogP contribution < -0.4 is 0 Å². The minimum atomic E-state index is -0.518. The standard InChI is InChI=1S/C12H10BrN5O3/c13-10-2-1-8(18(20)21)5-9(10)12(19)16-3-4-17-7-14-15-11(17)6-16/h1-2,5,7H,3-4,6H2. The summed E-state index contributed by atoms with van der Waals surface area (Å²) in [4.78, 5) is 24.5. The first-order valence-corrected chi connectivity index (χ1v) is 6.95. The molecule has 1 aromatic carbocycles. The zero-order valence-corrected chi connectivity index (χ0v) is 12.4. The number of rotatable bonds is 2. The summed E-state index contributed by atoms with van der Waals surface area (Å²) in [6, 6.07) is 4.15. The number of aromatic nitrogens is 3. The van der Waals surface area contributed by atoms with Gasteiger partial charge in [0.25, 0.3) is 11.6 Å². The number of halogens is 1. The fourth-order valence-electron chi connectivity index (χ4n) is 2.20. The van der Waals surface area contributed by atoms with Gasteiger partial charge in [0.05, 0.1) is 17.0 Å². The Hall–Kier alpha value is -2.29. The van der Waals surface area contributed by atoms with Gasteiger partial charge in [-0.05, 0) is 22.0 Å². The van der Waals surface area contributed by atoms with Crippen LogP contribution in [0.3, 0.4) is 0 Å². The molecule has 0 spiro atoms. The van der Waals surface area contributed by atoms with Gasteiger partial charge in [0.15, 0.2) is 5.82 Å². The second-order valence-corrected chi connectivity index (χ2v) is 5.44. The van der Waals surface area contributed by atoms with E-state index in [1.165, 1.54) is 18.2 Å². The van der Waals surface area contributed by atoms with Crippen LogP contribution >= 0.6 is 15.9 Å². The van der Waals surface area contributed by atoms with Crippen molar-refractivity contribution in [1.29, 1.82) is 0 Å². The Bertz CT molecular complexity index is 729. The highest BCUT2D eigenvalue weighted by atomic mass is 79.9. The van der Waals surface area contributed by atoms with Crippen LogP contribution in [-0.4, -0.2) is 37.0 Å². The van der Waals surface area contributed by atoms with E-state index in [0.29, 0.717) is 29.9 Å². The minimum absolute atomic E-state index is 0.110. The Morgan fingerprint density at radius 1 is 1.38 bits per heavy atom. The molecule has 0 bridgehead atoms. The third kappa shape index (κ3) is 2.51. The molecule has 1 amide bonds. The maximum atomic E-state index is 12.5. The number of benzene rings is 1. The van der Waals surface area contributed by atoms with Crippen molar-refractivity contribution in [3.63, 3.8) is 0 Å². The van der Waals surface area contributed by atoms with E-state index < -0.39 is 4.92 Å². The summed E-state index contributed by atoms with van der Waals surface area (Å²) in [6.45, 7) is 1.47. The van der Waals surface area contributed by atoms with E-state index in [0.717, 1.165) is 0 Å². The molecule has 2 aromatic rings. The molecule has 0 atom stereocenters. The van der Waals surface area contributed by atoms with Crippen molar-refractivity contribution in [3.8, 4) is 0 Å². The molecule has 0 N–H and O–H groups in total. The molecular weight excluding hydrogens is 342 g/mol. The van der Waals surface area contributed by atoms with Gasteiger partial charge in [0.1, 0.15) is 6.33 Å². The van der Waals surface area contributed by atoms with Crippen LogP contribution in [-0.2, 0) is 13.1 Å². The Labute approximate surface area is 127 Å². The van der Waals surface area contributed by atoms with Crippen molar-refractivity contribution in [2.24, 2.45) is 0 Å². The van der Waals surface area contributed by atoms with E-state index in [-0.39, 0.29) is 17.2 Å². The van der Waals surface area contributed by atoms with Crippen molar-refractivity contribution in [3.05, 3.63) is 50.5 Å². The lowest BCUT2D eigenvalue weighted by molar-refractivity contribution is -0.384. The topological polar surface area (TPSA) is 94.2 Å². The van der Waals surface area contributed by atoms with E-state index in [2.05, 4.69) is 26.1 Å². The number of carbonyl (C=O) groups is 1. The van der Waals surface area contributed by atoms with Gasteiger partial charge in [0.2, 0.25) is 0 Å². The molecule has 0 fully saturated rings. The quantitative estimate of drug-likeness (QED) is 0.605. The first-order chi connectivity index (χ1) is 10.1. The Balaban J connectivity index is 1.89. The summed E-state index contributed by atoms with van der Waals surface area (Å²) in [5, 5.41) is 18.6. The molecule has 1 aliphatic rings. The lowest BCUT2D eigenvalue weighted by atomic mass is 10.1. The average Bonchev–Trinajstić information content (AvgIpc) is 2.94. The van der Waals surface area contributed by atoms with Crippen LogP contribution in [0.25, 0.3) is 0 Å². The van der Waals surface area contributed by atoms with E-state index in [4.69, 9.17) is 0 Å². The molecule has 0 aliphatic carbocycles. The van der Waals surface area contributed by atoms with Crippen molar-refractivity contribution < 1.29 is 9.72 Å². The second kappa shape index (κ2) is 5.24. The maximum absolute atomic E-state index is 12.5. The molecule has 21 heavy (non-hydrogen) atoms. The van der Waals surface area contributed by atoms with E-state index in [9.17, 15) is 14.9 Å². The van der Waals surface area contributed by atoms with Crippen molar-refractivity contribution in [2.75, 3.05) is 6.54 Å². The van der Waals surface area contributed by atoms with Gasteiger partial charge >= 0.3 is 0 Å². The Morgan fingerprint density at radius 3 is 2.95 bits per heavy atom. The molecule has 9 heteroatoms. The fraction of sp³-hybridized carbons (Fsp3) is 0.250. The number of hydrogen-bond donors (Lipinski definition) is 0. The van der Waals surface area contributed by atoms with Gasteiger partial charge in [-0.15, -0.1) is 10.2 Å². The van der Waals surface area contributed by atoms with Crippen molar-refractivity contribution in [1.82, 2.24) is 19.7 Å². The third-order valence-corrected chi connectivity index (χ3v) is 4.01. The van der Waals surface area contributed by atoms with E-state index in [1.807, 2.05) is 4.57 Å². The lowest BCUT2D eigenvalue weighted by Gasteiger charge is -2.27. The van der Waals surface area contributed by atoms with E-state index in [1.54, 1.807) is 11.2 Å². The zero-order valence-electron chi connectivity index (χ0n) is 10.8. The molecule has 0 saturated heterocycles. The highest BCUT2D eigenvalue weighted by Crippen LogP contribution is 2.25. The number of non-ortho nitro benzene ring substituents is 1. The molecule has 1 aliphatic heterocycles. The number of carbonyl (C=O) groups excluding carboxylic acids is 1. The molecule has 2 heterocycles. The molecular formula is C12H10BrN5O3. The summed E-state index contributed by atoms with van der Waals surface area (Å²) in [7, 11) is 0. The van der Waals surface area contributed by atoms with Gasteiger partial charge < -0.3 is 9.47 Å². The largest absolute Gasteiger partial charge is 0.329 e. The van der Waals surface area contributed by atoms with Crippen LogP contribution in [0, 0.1) is 10.1 Å². The molecule has 0 saturated carbocycles. The van der Waals surface area contributed by atoms with Crippen molar-refractivity contribution in [2.45, 2.75) is 13.1 Å². The molecule has 0 unspecified atom stereocenters. The molecule has 1 aromatic heterocycles. The summed E-state index contributed by atoms with van der Waals surface area (Å²) in [6.07, 6.45) is 1.63. The smallest absolute Gasteiger partial charge is 0.270 e. The summed E-state index contributed by atoms with van der Waals surface area (Å²) >= 11 is 3.27. The first-order valence-electron chi connectivity index (χ1n) is 6.16. The molecule has 8 nitrogen and oxygen atoms in total. The fourth-order valence-corrected chi connectivity index (χ4v) is 2.62. The molecule has 0 radical (unpaired) electrons. The Morgan fingerprint density at radius 2 is 2.19 bits per heavy atom. The van der Waals surface area contributed by atoms with Crippen LogP contribution in [0.2, 0.25) is 0 Å². The van der Waals surface area contributed by atoms with Crippen LogP contribution in [0.5, 0.6) is 0 Å². The number of nitro groups is 1. The third-order valence-electron chi connectivity index (χ3n) is 3.32. The second-order valence-electron chi connectivity index (χ2n) is 4.59. The summed E-state index contributed by atoms with van der Waals surface area (Å²) in [5.74, 6) is 0.441. The minimum Gasteiger partial charge on any atom is -0.329 e. The normalized spacial score (nSPS) is 13.9. The van der Waals surface area contributed by atoms with Crippen molar-refractivity contribution >= 4 is 27.5 Å². The first kappa shape index (κ1) is 13.7. The van der Waals surface area contributed by atoms with Crippen LogP contribution in [0.4, 0.5) is 5.69 Å². The number of hydrogen-bond acceptors (Lipinski definition) is 5. The maximum Gasteiger partial charge on any atom is 0.270 e. The Kier molecular flexibility index (Phi) is 3.42. The number of amides is 1.